The van der Waals surface area contributed by atoms with E-state index in [1.54, 1.807) is 0 Å². The van der Waals surface area contributed by atoms with Gasteiger partial charge in [-0.15, -0.1) is 0 Å². The van der Waals surface area contributed by atoms with E-state index in [4.69, 9.17) is 15.3 Å². The number of ether oxygens (including phenoxy) is 1. The lowest BCUT2D eigenvalue weighted by molar-refractivity contribution is 0.0194. The summed E-state index contributed by atoms with van der Waals surface area (Å²) in [6, 6.07) is 6.40. The zero-order valence-corrected chi connectivity index (χ0v) is 26.3. The van der Waals surface area contributed by atoms with Crippen LogP contribution < -0.4 is 0 Å². The van der Waals surface area contributed by atoms with Crippen LogP contribution >= 0.6 is 0 Å². The summed E-state index contributed by atoms with van der Waals surface area (Å²) < 4.78 is 5.39. The molecule has 0 N–H and O–H groups in total. The van der Waals surface area contributed by atoms with Crippen molar-refractivity contribution in [1.29, 1.82) is 10.5 Å². The van der Waals surface area contributed by atoms with E-state index in [-0.39, 0.29) is 0 Å². The summed E-state index contributed by atoms with van der Waals surface area (Å²) in [5.41, 5.74) is 0. The van der Waals surface area contributed by atoms with E-state index in [2.05, 4.69) is 28.9 Å². The van der Waals surface area contributed by atoms with Crippen LogP contribution in [-0.2, 0) is 4.74 Å². The molecule has 5 heteroatoms. The number of piperidine rings is 2. The monoisotopic (exact) mass is 554 g/mol. The maximum absolute atomic E-state index is 9.03. The van der Waals surface area contributed by atoms with Gasteiger partial charge in [0.25, 0.3) is 0 Å². The summed E-state index contributed by atoms with van der Waals surface area (Å²) in [4.78, 5) is 5.36. The Labute approximate surface area is 248 Å². The van der Waals surface area contributed by atoms with Gasteiger partial charge in [0.15, 0.2) is 0 Å². The third kappa shape index (κ3) is 12.0. The summed E-state index contributed by atoms with van der Waals surface area (Å²) >= 11 is 0. The van der Waals surface area contributed by atoms with Crippen LogP contribution in [0.15, 0.2) is 0 Å². The van der Waals surface area contributed by atoms with Gasteiger partial charge in [0.05, 0.1) is 18.2 Å². The van der Waals surface area contributed by atoms with Gasteiger partial charge in [-0.25, -0.2) is 0 Å². The molecule has 0 aromatic heterocycles. The zero-order valence-electron chi connectivity index (χ0n) is 26.3. The fourth-order valence-electron chi connectivity index (χ4n) is 7.79. The molecule has 0 radical (unpaired) electrons. The lowest BCUT2D eigenvalue weighted by Gasteiger charge is -2.40. The summed E-state index contributed by atoms with van der Waals surface area (Å²) in [7, 11) is 1.82. The SMILES string of the molecule is CCCCCCCCCCC1CCN([C@H]2CC[C@H](C#N)CC2)CC1.COC1CCN([C@H]2CC[C@H](C#N)CC2)CC1. The van der Waals surface area contributed by atoms with Crippen molar-refractivity contribution in [3.8, 4) is 12.1 Å². The first-order valence-corrected chi connectivity index (χ1v) is 17.5. The van der Waals surface area contributed by atoms with Crippen molar-refractivity contribution < 1.29 is 4.74 Å². The number of unbranched alkanes of at least 4 members (excludes halogenated alkanes) is 7. The molecule has 0 atom stereocenters. The molecule has 0 unspecified atom stereocenters. The second-order valence-corrected chi connectivity index (χ2v) is 13.5. The summed E-state index contributed by atoms with van der Waals surface area (Å²) in [5, 5.41) is 17.9. The van der Waals surface area contributed by atoms with E-state index in [9.17, 15) is 0 Å². The molecule has 2 heterocycles. The minimum atomic E-state index is 0.327. The van der Waals surface area contributed by atoms with Gasteiger partial charge in [-0.05, 0) is 96.1 Å². The fourth-order valence-corrected chi connectivity index (χ4v) is 7.79. The minimum absolute atomic E-state index is 0.327. The van der Waals surface area contributed by atoms with Crippen molar-refractivity contribution in [3.63, 3.8) is 0 Å². The third-order valence-electron chi connectivity index (χ3n) is 10.7. The van der Waals surface area contributed by atoms with E-state index in [0.717, 1.165) is 43.7 Å². The minimum Gasteiger partial charge on any atom is -0.381 e. The van der Waals surface area contributed by atoms with Crippen molar-refractivity contribution in [2.45, 2.75) is 160 Å². The third-order valence-corrected chi connectivity index (χ3v) is 10.7. The molecule has 0 aromatic carbocycles. The largest absolute Gasteiger partial charge is 0.381 e. The van der Waals surface area contributed by atoms with Gasteiger partial charge in [-0.2, -0.15) is 10.5 Å². The average Bonchev–Trinajstić information content (AvgIpc) is 3.03. The van der Waals surface area contributed by atoms with E-state index in [1.165, 1.54) is 135 Å². The van der Waals surface area contributed by atoms with Crippen molar-refractivity contribution in [3.05, 3.63) is 0 Å². The highest BCUT2D eigenvalue weighted by Gasteiger charge is 2.30. The molecule has 0 spiro atoms. The predicted molar refractivity (Wildman–Crippen MR) is 166 cm³/mol. The van der Waals surface area contributed by atoms with Gasteiger partial charge in [0.2, 0.25) is 0 Å². The standard InChI is InChI=1S/C22H40N2.C13H22N2O/c1-2-3-4-5-6-7-8-9-10-20-15-17-24(18-16-20)22-13-11-21(19-23)12-14-22;1-16-13-6-8-15(9-7-13)12-4-2-11(10-14)3-5-12/h20-22H,2-18H2,1H3;11-13H,2-9H2,1H3/t21-,22-;11-,12-. The van der Waals surface area contributed by atoms with Crippen molar-refractivity contribution in [2.24, 2.45) is 17.8 Å². The van der Waals surface area contributed by atoms with Crippen molar-refractivity contribution >= 4 is 0 Å². The van der Waals surface area contributed by atoms with E-state index in [1.807, 2.05) is 7.11 Å². The fraction of sp³-hybridized carbons (Fsp3) is 0.943. The van der Waals surface area contributed by atoms with E-state index < -0.39 is 0 Å². The Morgan fingerprint density at radius 3 is 1.43 bits per heavy atom. The van der Waals surface area contributed by atoms with Gasteiger partial charge in [0.1, 0.15) is 0 Å². The number of nitriles is 2. The molecule has 0 bridgehead atoms. The molecule has 228 valence electrons. The second kappa shape index (κ2) is 19.9. The zero-order chi connectivity index (χ0) is 28.4. The highest BCUT2D eigenvalue weighted by Crippen LogP contribution is 2.32. The Morgan fingerprint density at radius 2 is 1.00 bits per heavy atom. The first kappa shape index (κ1) is 33.4. The molecule has 4 aliphatic rings. The Balaban J connectivity index is 0.000000238. The van der Waals surface area contributed by atoms with Gasteiger partial charge in [-0.1, -0.05) is 64.7 Å². The first-order chi connectivity index (χ1) is 19.7. The summed E-state index contributed by atoms with van der Waals surface area (Å²) in [5.74, 6) is 1.67. The van der Waals surface area contributed by atoms with E-state index in [0.29, 0.717) is 17.9 Å². The molecule has 0 aromatic rings. The molecule has 0 amide bonds. The quantitative estimate of drug-likeness (QED) is 0.226. The maximum atomic E-state index is 9.03. The number of hydrogen-bond donors (Lipinski definition) is 0. The summed E-state index contributed by atoms with van der Waals surface area (Å²) in [6.45, 7) is 7.30. The molecule has 2 saturated heterocycles. The van der Waals surface area contributed by atoms with Gasteiger partial charge >= 0.3 is 0 Å². The number of rotatable bonds is 12. The highest BCUT2D eigenvalue weighted by molar-refractivity contribution is 4.92. The van der Waals surface area contributed by atoms with Gasteiger partial charge in [0, 0.05) is 44.1 Å². The molecular formula is C35H62N4O. The molecular weight excluding hydrogens is 492 g/mol. The van der Waals surface area contributed by atoms with E-state index >= 15 is 0 Å². The number of nitrogens with zero attached hydrogens (tertiary/aromatic N) is 4. The van der Waals surface area contributed by atoms with Crippen LogP contribution in [0, 0.1) is 40.4 Å². The Hall–Kier alpha value is -1.14. The predicted octanol–water partition coefficient (Wildman–Crippen LogP) is 8.49. The molecule has 2 saturated carbocycles. The van der Waals surface area contributed by atoms with Crippen LogP contribution in [0.1, 0.15) is 142 Å². The second-order valence-electron chi connectivity index (χ2n) is 13.5. The van der Waals surface area contributed by atoms with Crippen molar-refractivity contribution in [2.75, 3.05) is 33.3 Å². The van der Waals surface area contributed by atoms with Crippen molar-refractivity contribution in [1.82, 2.24) is 9.80 Å². The lowest BCUT2D eigenvalue weighted by atomic mass is 9.84. The van der Waals surface area contributed by atoms with Gasteiger partial charge in [-0.3, -0.25) is 0 Å². The molecule has 2 aliphatic carbocycles. The molecule has 2 aliphatic heterocycles. The molecule has 4 rings (SSSR count). The smallest absolute Gasteiger partial charge is 0.0655 e. The highest BCUT2D eigenvalue weighted by atomic mass is 16.5. The van der Waals surface area contributed by atoms with Gasteiger partial charge < -0.3 is 14.5 Å². The number of likely N-dealkylation sites (tertiary alicyclic amines) is 2. The average molecular weight is 555 g/mol. The number of hydrogen-bond acceptors (Lipinski definition) is 5. The van der Waals surface area contributed by atoms with Crippen LogP contribution in [0.2, 0.25) is 0 Å². The van der Waals surface area contributed by atoms with Crippen LogP contribution in [-0.4, -0.2) is 61.3 Å². The Kier molecular flexibility index (Phi) is 16.6. The number of methoxy groups -OCH3 is 1. The first-order valence-electron chi connectivity index (χ1n) is 17.5. The Morgan fingerprint density at radius 1 is 0.575 bits per heavy atom. The van der Waals surface area contributed by atoms with Crippen LogP contribution in [0.5, 0.6) is 0 Å². The van der Waals surface area contributed by atoms with Crippen LogP contribution in [0.3, 0.4) is 0 Å². The van der Waals surface area contributed by atoms with Crippen LogP contribution in [0.4, 0.5) is 0 Å². The Bertz CT molecular complexity index is 713. The molecule has 5 nitrogen and oxygen atoms in total. The summed E-state index contributed by atoms with van der Waals surface area (Å²) in [6.07, 6.45) is 28.2. The van der Waals surface area contributed by atoms with Crippen LogP contribution in [0.25, 0.3) is 0 Å². The lowest BCUT2D eigenvalue weighted by Crippen LogP contribution is -2.44. The topological polar surface area (TPSA) is 63.3 Å². The molecule has 40 heavy (non-hydrogen) atoms. The normalized spacial score (nSPS) is 29.2. The maximum Gasteiger partial charge on any atom is 0.0655 e. The molecule has 4 fully saturated rings.